The Bertz CT molecular complexity index is 561. The molecule has 0 bridgehead atoms. The van der Waals surface area contributed by atoms with Crippen molar-refractivity contribution in [3.8, 4) is 0 Å². The highest BCUT2D eigenvalue weighted by Gasteiger charge is 2.11. The summed E-state index contributed by atoms with van der Waals surface area (Å²) >= 11 is 0. The Hall–Kier alpha value is -2.29. The minimum atomic E-state index is -0.0494. The normalized spacial score (nSPS) is 11.8. The summed E-state index contributed by atoms with van der Waals surface area (Å²) in [5.41, 5.74) is 2.86. The van der Waals surface area contributed by atoms with Gasteiger partial charge in [-0.15, -0.1) is 0 Å². The zero-order valence-electron chi connectivity index (χ0n) is 12.1. The van der Waals surface area contributed by atoms with Gasteiger partial charge in [-0.25, -0.2) is 0 Å². The molecule has 2 aromatic carbocycles. The maximum atomic E-state index is 12.2. The van der Waals surface area contributed by atoms with Gasteiger partial charge in [0.25, 0.3) is 5.91 Å². The standard InChI is InChI=1S/C17H20N2O/c1-13(14-7-5-4-6-8-14)18-17(20)15-9-11-16(12-10-15)19(2)3/h4-13H,1-3H3,(H,18,20)/t13-/m1/s1. The second-order valence-electron chi connectivity index (χ2n) is 5.05. The highest BCUT2D eigenvalue weighted by Crippen LogP contribution is 2.15. The van der Waals surface area contributed by atoms with Crippen LogP contribution in [0.25, 0.3) is 0 Å². The van der Waals surface area contributed by atoms with E-state index in [1.807, 2.05) is 80.5 Å². The molecule has 1 amide bonds. The van der Waals surface area contributed by atoms with E-state index in [2.05, 4.69) is 5.32 Å². The predicted octanol–water partition coefficient (Wildman–Crippen LogP) is 3.24. The molecule has 2 aromatic rings. The lowest BCUT2D eigenvalue weighted by Crippen LogP contribution is -2.26. The molecular formula is C17H20N2O. The van der Waals surface area contributed by atoms with Gasteiger partial charge in [0.15, 0.2) is 0 Å². The number of hydrogen-bond acceptors (Lipinski definition) is 2. The van der Waals surface area contributed by atoms with Crippen molar-refractivity contribution >= 4 is 11.6 Å². The monoisotopic (exact) mass is 268 g/mol. The Morgan fingerprint density at radius 3 is 2.15 bits per heavy atom. The van der Waals surface area contributed by atoms with Gasteiger partial charge in [-0.05, 0) is 36.8 Å². The molecule has 0 heterocycles. The summed E-state index contributed by atoms with van der Waals surface area (Å²) in [6, 6.07) is 17.5. The Labute approximate surface area is 120 Å². The molecule has 2 rings (SSSR count). The van der Waals surface area contributed by atoms with Crippen molar-refractivity contribution in [2.75, 3.05) is 19.0 Å². The maximum absolute atomic E-state index is 12.2. The Balaban J connectivity index is 2.05. The molecule has 0 saturated heterocycles. The van der Waals surface area contributed by atoms with Crippen molar-refractivity contribution in [2.45, 2.75) is 13.0 Å². The zero-order chi connectivity index (χ0) is 14.5. The van der Waals surface area contributed by atoms with Crippen LogP contribution in [0.5, 0.6) is 0 Å². The molecule has 3 heteroatoms. The van der Waals surface area contributed by atoms with Gasteiger partial charge in [-0.2, -0.15) is 0 Å². The van der Waals surface area contributed by atoms with Crippen molar-refractivity contribution in [2.24, 2.45) is 0 Å². The van der Waals surface area contributed by atoms with Crippen LogP contribution in [0.3, 0.4) is 0 Å². The lowest BCUT2D eigenvalue weighted by molar-refractivity contribution is 0.0940. The second kappa shape index (κ2) is 6.24. The lowest BCUT2D eigenvalue weighted by atomic mass is 10.1. The number of nitrogens with one attached hydrogen (secondary N) is 1. The van der Waals surface area contributed by atoms with Gasteiger partial charge >= 0.3 is 0 Å². The Kier molecular flexibility index (Phi) is 4.41. The third kappa shape index (κ3) is 3.38. The van der Waals surface area contributed by atoms with E-state index in [4.69, 9.17) is 0 Å². The first kappa shape index (κ1) is 14.1. The molecule has 0 aliphatic carbocycles. The van der Waals surface area contributed by atoms with Gasteiger partial charge in [0.05, 0.1) is 6.04 Å². The number of carbonyl (C=O) groups excluding carboxylic acids is 1. The fourth-order valence-electron chi connectivity index (χ4n) is 2.02. The number of hydrogen-bond donors (Lipinski definition) is 1. The number of benzene rings is 2. The third-order valence-corrected chi connectivity index (χ3v) is 3.29. The maximum Gasteiger partial charge on any atom is 0.251 e. The van der Waals surface area contributed by atoms with E-state index >= 15 is 0 Å². The molecule has 1 atom stereocenters. The van der Waals surface area contributed by atoms with Crippen LogP contribution in [0.1, 0.15) is 28.9 Å². The first-order valence-corrected chi connectivity index (χ1v) is 6.71. The molecule has 3 nitrogen and oxygen atoms in total. The first-order chi connectivity index (χ1) is 9.58. The summed E-state index contributed by atoms with van der Waals surface area (Å²) in [6.07, 6.45) is 0. The molecule has 0 unspecified atom stereocenters. The fraction of sp³-hybridized carbons (Fsp3) is 0.235. The van der Waals surface area contributed by atoms with Crippen molar-refractivity contribution in [3.63, 3.8) is 0 Å². The van der Waals surface area contributed by atoms with Crippen LogP contribution in [0.15, 0.2) is 54.6 Å². The van der Waals surface area contributed by atoms with E-state index in [0.29, 0.717) is 5.56 Å². The molecule has 0 radical (unpaired) electrons. The number of anilines is 1. The molecule has 0 spiro atoms. The molecule has 0 aromatic heterocycles. The average molecular weight is 268 g/mol. The predicted molar refractivity (Wildman–Crippen MR) is 83.1 cm³/mol. The van der Waals surface area contributed by atoms with Gasteiger partial charge in [-0.1, -0.05) is 30.3 Å². The number of nitrogens with zero attached hydrogens (tertiary/aromatic N) is 1. The largest absolute Gasteiger partial charge is 0.378 e. The lowest BCUT2D eigenvalue weighted by Gasteiger charge is -2.15. The van der Waals surface area contributed by atoms with Crippen LogP contribution >= 0.6 is 0 Å². The molecule has 0 fully saturated rings. The van der Waals surface area contributed by atoms with Crippen LogP contribution in [0.2, 0.25) is 0 Å². The first-order valence-electron chi connectivity index (χ1n) is 6.71. The number of rotatable bonds is 4. The summed E-state index contributed by atoms with van der Waals surface area (Å²) in [5, 5.41) is 3.01. The van der Waals surface area contributed by atoms with Gasteiger partial charge in [-0.3, -0.25) is 4.79 Å². The van der Waals surface area contributed by atoms with E-state index in [0.717, 1.165) is 11.3 Å². The smallest absolute Gasteiger partial charge is 0.251 e. The van der Waals surface area contributed by atoms with Crippen molar-refractivity contribution in [3.05, 3.63) is 65.7 Å². The highest BCUT2D eigenvalue weighted by molar-refractivity contribution is 5.94. The van der Waals surface area contributed by atoms with Gasteiger partial charge < -0.3 is 10.2 Å². The van der Waals surface area contributed by atoms with Crippen LogP contribution in [-0.2, 0) is 0 Å². The molecular weight excluding hydrogens is 248 g/mol. The van der Waals surface area contributed by atoms with E-state index in [9.17, 15) is 4.79 Å². The zero-order valence-corrected chi connectivity index (χ0v) is 12.1. The summed E-state index contributed by atoms with van der Waals surface area (Å²) in [4.78, 5) is 14.2. The number of amides is 1. The van der Waals surface area contributed by atoms with Gasteiger partial charge in [0.2, 0.25) is 0 Å². The second-order valence-corrected chi connectivity index (χ2v) is 5.05. The molecule has 0 aliphatic rings. The Morgan fingerprint density at radius 1 is 1.00 bits per heavy atom. The molecule has 104 valence electrons. The summed E-state index contributed by atoms with van der Waals surface area (Å²) < 4.78 is 0. The van der Waals surface area contributed by atoms with Crippen LogP contribution < -0.4 is 10.2 Å². The fourth-order valence-corrected chi connectivity index (χ4v) is 2.02. The molecule has 1 N–H and O–H groups in total. The van der Waals surface area contributed by atoms with E-state index < -0.39 is 0 Å². The molecule has 0 saturated carbocycles. The van der Waals surface area contributed by atoms with Crippen LogP contribution in [0, 0.1) is 0 Å². The minimum absolute atomic E-state index is 0.00257. The third-order valence-electron chi connectivity index (χ3n) is 3.29. The average Bonchev–Trinajstić information content (AvgIpc) is 2.48. The SMILES string of the molecule is C[C@@H](NC(=O)c1ccc(N(C)C)cc1)c1ccccc1. The van der Waals surface area contributed by atoms with E-state index in [-0.39, 0.29) is 11.9 Å². The summed E-state index contributed by atoms with van der Waals surface area (Å²) in [5.74, 6) is -0.0494. The van der Waals surface area contributed by atoms with Crippen molar-refractivity contribution in [1.82, 2.24) is 5.32 Å². The van der Waals surface area contributed by atoms with Gasteiger partial charge in [0, 0.05) is 25.3 Å². The minimum Gasteiger partial charge on any atom is -0.378 e. The van der Waals surface area contributed by atoms with Crippen LogP contribution in [-0.4, -0.2) is 20.0 Å². The van der Waals surface area contributed by atoms with Crippen LogP contribution in [0.4, 0.5) is 5.69 Å². The van der Waals surface area contributed by atoms with Gasteiger partial charge in [0.1, 0.15) is 0 Å². The van der Waals surface area contributed by atoms with E-state index in [1.165, 1.54) is 0 Å². The van der Waals surface area contributed by atoms with E-state index in [1.54, 1.807) is 0 Å². The molecule has 0 aliphatic heterocycles. The quantitative estimate of drug-likeness (QED) is 0.923. The summed E-state index contributed by atoms with van der Waals surface area (Å²) in [6.45, 7) is 1.99. The highest BCUT2D eigenvalue weighted by atomic mass is 16.1. The van der Waals surface area contributed by atoms with Crippen molar-refractivity contribution in [1.29, 1.82) is 0 Å². The number of carbonyl (C=O) groups is 1. The molecule has 20 heavy (non-hydrogen) atoms. The Morgan fingerprint density at radius 2 is 1.60 bits per heavy atom. The van der Waals surface area contributed by atoms with Crippen molar-refractivity contribution < 1.29 is 4.79 Å². The topological polar surface area (TPSA) is 32.3 Å². The summed E-state index contributed by atoms with van der Waals surface area (Å²) in [7, 11) is 3.96.